The number of nitrogens with zero attached hydrogens (tertiary/aromatic N) is 2. The number of hydrogen-bond donors (Lipinski definition) is 4. The Bertz CT molecular complexity index is 1290. The molecule has 9 nitrogen and oxygen atoms in total. The molecule has 1 heterocycles. The molecule has 1 aromatic carbocycles. The standard InChI is InChI=1S/C31H48IN5O4/c1-18(2)24(14-19(3)29(40)41)37(11)28(39)26(30(4,5)6)35-27(38)25(33-9)31(7,8)22-17-36(10)23-13-12-20(16-34-32)15-21(22)23/h12-15,17-18,24-26,33-34H,16H2,1-11H3,(H,35,38)(H,40,41)/b19-14+/t24-,25+,26-/m1/s1. The molecule has 0 aliphatic heterocycles. The van der Waals surface area contributed by atoms with Gasteiger partial charge in [-0.3, -0.25) is 13.1 Å². The monoisotopic (exact) mass is 681 g/mol. The molecule has 0 radical (unpaired) electrons. The van der Waals surface area contributed by atoms with E-state index in [-0.39, 0.29) is 23.3 Å². The first-order chi connectivity index (χ1) is 18.9. The smallest absolute Gasteiger partial charge is 0.331 e. The average Bonchev–Trinajstić information content (AvgIpc) is 3.20. The first-order valence-electron chi connectivity index (χ1n) is 14.0. The highest BCUT2D eigenvalue weighted by molar-refractivity contribution is 14.1. The Hall–Kier alpha value is -2.44. The summed E-state index contributed by atoms with van der Waals surface area (Å²) in [4.78, 5) is 41.0. The highest BCUT2D eigenvalue weighted by Crippen LogP contribution is 2.35. The molecule has 2 rings (SSSR count). The molecule has 41 heavy (non-hydrogen) atoms. The third kappa shape index (κ3) is 7.90. The van der Waals surface area contributed by atoms with Crippen molar-refractivity contribution < 1.29 is 19.5 Å². The van der Waals surface area contributed by atoms with Crippen LogP contribution in [0.1, 0.15) is 66.5 Å². The molecule has 0 bridgehead atoms. The number of aliphatic carboxylic acids is 1. The average molecular weight is 682 g/mol. The number of rotatable bonds is 12. The van der Waals surface area contributed by atoms with Crippen LogP contribution in [0.2, 0.25) is 0 Å². The van der Waals surface area contributed by atoms with Crippen LogP contribution in [0.15, 0.2) is 36.0 Å². The third-order valence-corrected chi connectivity index (χ3v) is 8.31. The lowest BCUT2D eigenvalue weighted by atomic mass is 9.76. The summed E-state index contributed by atoms with van der Waals surface area (Å²) in [5, 5.41) is 16.8. The zero-order valence-corrected chi connectivity index (χ0v) is 28.5. The Morgan fingerprint density at radius 2 is 1.73 bits per heavy atom. The highest BCUT2D eigenvalue weighted by atomic mass is 127. The number of aryl methyl sites for hydroxylation is 1. The second-order valence-electron chi connectivity index (χ2n) is 12.9. The van der Waals surface area contributed by atoms with Gasteiger partial charge in [0, 0.05) is 71.6 Å². The lowest BCUT2D eigenvalue weighted by Gasteiger charge is -2.39. The summed E-state index contributed by atoms with van der Waals surface area (Å²) >= 11 is 2.13. The predicted molar refractivity (Wildman–Crippen MR) is 174 cm³/mol. The number of hydrogen-bond acceptors (Lipinski definition) is 5. The number of aromatic nitrogens is 1. The number of halogens is 1. The van der Waals surface area contributed by atoms with Crippen molar-refractivity contribution in [3.8, 4) is 0 Å². The molecule has 0 saturated heterocycles. The summed E-state index contributed by atoms with van der Waals surface area (Å²) in [7, 11) is 5.43. The molecule has 2 amide bonds. The van der Waals surface area contributed by atoms with Crippen LogP contribution in [0.25, 0.3) is 10.9 Å². The van der Waals surface area contributed by atoms with Gasteiger partial charge in [-0.1, -0.05) is 60.6 Å². The van der Waals surface area contributed by atoms with E-state index in [1.54, 1.807) is 25.1 Å². The largest absolute Gasteiger partial charge is 0.478 e. The van der Waals surface area contributed by atoms with E-state index < -0.39 is 34.9 Å². The van der Waals surface area contributed by atoms with E-state index in [1.165, 1.54) is 6.92 Å². The van der Waals surface area contributed by atoms with Gasteiger partial charge in [-0.15, -0.1) is 0 Å². The number of likely N-dealkylation sites (N-methyl/N-ethyl adjacent to an activating group) is 2. The van der Waals surface area contributed by atoms with Crippen molar-refractivity contribution in [3.63, 3.8) is 0 Å². The summed E-state index contributed by atoms with van der Waals surface area (Å²) in [6.45, 7) is 16.0. The van der Waals surface area contributed by atoms with Gasteiger partial charge >= 0.3 is 5.97 Å². The van der Waals surface area contributed by atoms with Gasteiger partial charge in [0.05, 0.1) is 12.1 Å². The Balaban J connectivity index is 2.48. The minimum Gasteiger partial charge on any atom is -0.478 e. The van der Waals surface area contributed by atoms with Gasteiger partial charge in [0.25, 0.3) is 0 Å². The van der Waals surface area contributed by atoms with Crippen LogP contribution in [0, 0.1) is 11.3 Å². The van der Waals surface area contributed by atoms with E-state index in [0.29, 0.717) is 0 Å². The van der Waals surface area contributed by atoms with E-state index in [4.69, 9.17) is 0 Å². The molecule has 2 aromatic rings. The lowest BCUT2D eigenvalue weighted by Crippen LogP contribution is -2.61. The van der Waals surface area contributed by atoms with Crippen molar-refractivity contribution in [1.82, 2.24) is 23.6 Å². The van der Waals surface area contributed by atoms with E-state index in [9.17, 15) is 19.5 Å². The summed E-state index contributed by atoms with van der Waals surface area (Å²) < 4.78 is 5.25. The molecule has 4 N–H and O–H groups in total. The topological polar surface area (TPSA) is 116 Å². The summed E-state index contributed by atoms with van der Waals surface area (Å²) in [6.07, 6.45) is 3.68. The Morgan fingerprint density at radius 3 is 2.22 bits per heavy atom. The van der Waals surface area contributed by atoms with E-state index in [2.05, 4.69) is 66.0 Å². The van der Waals surface area contributed by atoms with Gasteiger partial charge in [0.15, 0.2) is 0 Å². The molecule has 0 saturated carbocycles. The van der Waals surface area contributed by atoms with Crippen LogP contribution < -0.4 is 14.2 Å². The Morgan fingerprint density at radius 1 is 1.12 bits per heavy atom. The van der Waals surface area contributed by atoms with Crippen LogP contribution in [0.4, 0.5) is 0 Å². The molecule has 0 fully saturated rings. The molecule has 228 valence electrons. The number of benzene rings is 1. The SMILES string of the molecule is CN[C@@H](C(=O)N[C@H](C(=O)N(C)[C@H](/C=C(\C)C(=O)O)C(C)C)C(C)(C)C)C(C)(C)c1cn(C)c2ccc(CNI)cc12. The molecule has 0 unspecified atom stereocenters. The van der Waals surface area contributed by atoms with Crippen molar-refractivity contribution in [2.24, 2.45) is 18.4 Å². The number of amides is 2. The Kier molecular flexibility index (Phi) is 11.6. The van der Waals surface area contributed by atoms with E-state index in [0.717, 1.165) is 28.6 Å². The molecular formula is C31H48IN5O4. The molecule has 1 aromatic heterocycles. The maximum Gasteiger partial charge on any atom is 0.331 e. The predicted octanol–water partition coefficient (Wildman–Crippen LogP) is 4.53. The van der Waals surface area contributed by atoms with Crippen LogP contribution in [-0.2, 0) is 33.4 Å². The molecule has 0 aliphatic carbocycles. The molecule has 10 heteroatoms. The van der Waals surface area contributed by atoms with Gasteiger partial charge in [0.1, 0.15) is 6.04 Å². The lowest BCUT2D eigenvalue weighted by molar-refractivity contribution is -0.141. The first-order valence-corrected chi connectivity index (χ1v) is 15.0. The zero-order chi connectivity index (χ0) is 31.4. The van der Waals surface area contributed by atoms with E-state index in [1.807, 2.05) is 55.5 Å². The third-order valence-electron chi connectivity index (χ3n) is 7.93. The van der Waals surface area contributed by atoms with Crippen molar-refractivity contribution in [3.05, 3.63) is 47.2 Å². The number of carboxylic acids is 1. The quantitative estimate of drug-likeness (QED) is 0.149. The van der Waals surface area contributed by atoms with Crippen molar-refractivity contribution >= 4 is 51.6 Å². The van der Waals surface area contributed by atoms with Gasteiger partial charge in [0.2, 0.25) is 11.8 Å². The fourth-order valence-corrected chi connectivity index (χ4v) is 5.86. The fraction of sp³-hybridized carbons (Fsp3) is 0.581. The number of nitrogens with one attached hydrogen (secondary N) is 3. The first kappa shape index (κ1) is 34.8. The molecular weight excluding hydrogens is 633 g/mol. The van der Waals surface area contributed by atoms with Gasteiger partial charge < -0.3 is 25.2 Å². The van der Waals surface area contributed by atoms with Crippen molar-refractivity contribution in [2.45, 2.75) is 85.5 Å². The summed E-state index contributed by atoms with van der Waals surface area (Å²) in [5.41, 5.74) is 2.20. The van der Waals surface area contributed by atoms with Crippen LogP contribution >= 0.6 is 22.9 Å². The van der Waals surface area contributed by atoms with Gasteiger partial charge in [-0.2, -0.15) is 0 Å². The number of carbonyl (C=O) groups excluding carboxylic acids is 2. The fourth-order valence-electron chi connectivity index (χ4n) is 5.42. The van der Waals surface area contributed by atoms with Crippen LogP contribution in [-0.4, -0.2) is 64.6 Å². The second-order valence-corrected chi connectivity index (χ2v) is 13.7. The number of carboxylic acid groups (broad SMARTS) is 1. The molecule has 0 spiro atoms. The minimum absolute atomic E-state index is 0.0304. The summed E-state index contributed by atoms with van der Waals surface area (Å²) in [6, 6.07) is 4.44. The number of fused-ring (bicyclic) bond motifs is 1. The van der Waals surface area contributed by atoms with Crippen LogP contribution in [0.3, 0.4) is 0 Å². The van der Waals surface area contributed by atoms with Crippen molar-refractivity contribution in [2.75, 3.05) is 14.1 Å². The van der Waals surface area contributed by atoms with E-state index >= 15 is 0 Å². The van der Waals surface area contributed by atoms with Crippen molar-refractivity contribution in [1.29, 1.82) is 0 Å². The maximum absolute atomic E-state index is 14.0. The van der Waals surface area contributed by atoms with Gasteiger partial charge in [-0.05, 0) is 48.6 Å². The minimum atomic E-state index is -1.03. The normalized spacial score (nSPS) is 15.1. The van der Waals surface area contributed by atoms with Gasteiger partial charge in [-0.25, -0.2) is 4.79 Å². The molecule has 3 atom stereocenters. The maximum atomic E-state index is 14.0. The molecule has 0 aliphatic rings. The number of carbonyl (C=O) groups is 3. The zero-order valence-electron chi connectivity index (χ0n) is 26.3. The second kappa shape index (κ2) is 13.7. The highest BCUT2D eigenvalue weighted by Gasteiger charge is 2.42. The Labute approximate surface area is 259 Å². The van der Waals surface area contributed by atoms with Crippen LogP contribution in [0.5, 0.6) is 0 Å². The summed E-state index contributed by atoms with van der Waals surface area (Å²) in [5.74, 6) is -1.60.